The van der Waals surface area contributed by atoms with Gasteiger partial charge in [-0.05, 0) is 42.7 Å². The topological polar surface area (TPSA) is 54.3 Å². The molecule has 1 aromatic heterocycles. The lowest BCUT2D eigenvalue weighted by molar-refractivity contribution is -0.125. The Morgan fingerprint density at radius 1 is 1.03 bits per heavy atom. The number of fused-ring (bicyclic) bond motifs is 3. The number of nitrogens with zero attached hydrogens (tertiary/aromatic N) is 2. The van der Waals surface area contributed by atoms with E-state index in [-0.39, 0.29) is 17.6 Å². The Labute approximate surface area is 203 Å². The maximum Gasteiger partial charge on any atom is 0.248 e. The second-order valence-electron chi connectivity index (χ2n) is 8.74. The maximum atomic E-state index is 13.9. The number of hydrogen-bond acceptors (Lipinski definition) is 3. The molecule has 1 N–H and O–H groups in total. The third-order valence-electron chi connectivity index (χ3n) is 6.41. The summed E-state index contributed by atoms with van der Waals surface area (Å²) in [6, 6.07) is 23.2. The lowest BCUT2D eigenvalue weighted by Gasteiger charge is -2.31. The highest BCUT2D eigenvalue weighted by atomic mass is 32.2. The van der Waals surface area contributed by atoms with E-state index in [1.807, 2.05) is 87.6 Å². The molecule has 0 radical (unpaired) electrons. The van der Waals surface area contributed by atoms with Gasteiger partial charge in [0.2, 0.25) is 11.8 Å². The van der Waals surface area contributed by atoms with Crippen molar-refractivity contribution in [2.45, 2.75) is 31.5 Å². The summed E-state index contributed by atoms with van der Waals surface area (Å²) in [6.45, 7) is 4.40. The van der Waals surface area contributed by atoms with Crippen molar-refractivity contribution in [1.82, 2.24) is 9.88 Å². The molecule has 172 valence electrons. The van der Waals surface area contributed by atoms with E-state index in [4.69, 9.17) is 0 Å². The molecule has 0 unspecified atom stereocenters. The summed E-state index contributed by atoms with van der Waals surface area (Å²) in [6.07, 6.45) is 0. The van der Waals surface area contributed by atoms with Gasteiger partial charge >= 0.3 is 0 Å². The van der Waals surface area contributed by atoms with Crippen LogP contribution in [-0.2, 0) is 23.2 Å². The highest BCUT2D eigenvalue weighted by Crippen LogP contribution is 2.44. The van der Waals surface area contributed by atoms with E-state index in [1.54, 1.807) is 4.90 Å². The first-order chi connectivity index (χ1) is 16.5. The third kappa shape index (κ3) is 3.88. The van der Waals surface area contributed by atoms with Crippen LogP contribution in [0.25, 0.3) is 10.9 Å². The van der Waals surface area contributed by atoms with Gasteiger partial charge in [0.15, 0.2) is 0 Å². The number of anilines is 1. The van der Waals surface area contributed by atoms with Gasteiger partial charge in [-0.2, -0.15) is 0 Å². The number of aromatic nitrogens is 1. The van der Waals surface area contributed by atoms with Gasteiger partial charge < -0.3 is 9.88 Å². The molecule has 34 heavy (non-hydrogen) atoms. The molecule has 0 spiro atoms. The van der Waals surface area contributed by atoms with E-state index >= 15 is 0 Å². The zero-order chi connectivity index (χ0) is 23.8. The molecule has 0 saturated heterocycles. The minimum atomic E-state index is -0.771. The fourth-order valence-electron chi connectivity index (χ4n) is 4.69. The number of thioether (sulfide) groups is 1. The minimum Gasteiger partial charge on any atom is -0.350 e. The van der Waals surface area contributed by atoms with E-state index in [1.165, 1.54) is 11.8 Å². The number of rotatable bonds is 4. The summed E-state index contributed by atoms with van der Waals surface area (Å²) in [4.78, 5) is 29.3. The zero-order valence-corrected chi connectivity index (χ0v) is 20.4. The first-order valence-corrected chi connectivity index (χ1v) is 12.4. The maximum absolute atomic E-state index is 13.9. The van der Waals surface area contributed by atoms with E-state index in [0.717, 1.165) is 43.9 Å². The summed E-state index contributed by atoms with van der Waals surface area (Å²) in [7, 11) is 2.01. The van der Waals surface area contributed by atoms with Crippen molar-refractivity contribution in [1.29, 1.82) is 0 Å². The number of nitrogens with one attached hydrogen (secondary N) is 1. The predicted octanol–water partition coefficient (Wildman–Crippen LogP) is 5.29. The summed E-state index contributed by atoms with van der Waals surface area (Å²) < 4.78 is 2.10. The van der Waals surface area contributed by atoms with Crippen molar-refractivity contribution < 1.29 is 9.59 Å². The van der Waals surface area contributed by atoms with Crippen LogP contribution in [0.1, 0.15) is 28.3 Å². The van der Waals surface area contributed by atoms with Gasteiger partial charge in [0.05, 0.1) is 10.8 Å². The van der Waals surface area contributed by atoms with Gasteiger partial charge in [0, 0.05) is 35.7 Å². The molecule has 2 heterocycles. The lowest BCUT2D eigenvalue weighted by atomic mass is 10.00. The standard InChI is InChI=1S/C28H27N3O2S/c1-18-13-14-19(2)23(15-18)31-24(32)17-34-28-25(21-11-7-8-12-22(21)30(28)3)26(31)27(33)29-16-20-9-5-4-6-10-20/h4-15,26H,16-17H2,1-3H3,(H,29,33)/t26-/m0/s1. The lowest BCUT2D eigenvalue weighted by Crippen LogP contribution is -2.44. The molecule has 3 aromatic carbocycles. The Morgan fingerprint density at radius 2 is 1.76 bits per heavy atom. The van der Waals surface area contributed by atoms with Crippen LogP contribution in [0.4, 0.5) is 5.69 Å². The molecule has 2 amide bonds. The summed E-state index contributed by atoms with van der Waals surface area (Å²) >= 11 is 1.51. The van der Waals surface area contributed by atoms with Crippen molar-refractivity contribution in [3.63, 3.8) is 0 Å². The Bertz CT molecular complexity index is 1390. The Morgan fingerprint density at radius 3 is 2.56 bits per heavy atom. The molecule has 1 atom stereocenters. The van der Waals surface area contributed by atoms with E-state index < -0.39 is 6.04 Å². The van der Waals surface area contributed by atoms with Crippen LogP contribution in [0.3, 0.4) is 0 Å². The largest absolute Gasteiger partial charge is 0.350 e. The van der Waals surface area contributed by atoms with Crippen LogP contribution in [0.2, 0.25) is 0 Å². The number of carbonyl (C=O) groups is 2. The molecule has 0 bridgehead atoms. The molecular weight excluding hydrogens is 442 g/mol. The molecule has 0 fully saturated rings. The number of hydrogen-bond donors (Lipinski definition) is 1. The van der Waals surface area contributed by atoms with Gasteiger partial charge in [-0.25, -0.2) is 0 Å². The number of amides is 2. The van der Waals surface area contributed by atoms with Crippen molar-refractivity contribution in [3.05, 3.63) is 95.1 Å². The normalized spacial score (nSPS) is 15.8. The molecule has 1 aliphatic heterocycles. The van der Waals surface area contributed by atoms with Crippen LogP contribution in [0, 0.1) is 13.8 Å². The van der Waals surface area contributed by atoms with Crippen molar-refractivity contribution in [2.24, 2.45) is 7.05 Å². The van der Waals surface area contributed by atoms with Crippen LogP contribution in [0.5, 0.6) is 0 Å². The Balaban J connectivity index is 1.68. The average molecular weight is 470 g/mol. The molecule has 6 heteroatoms. The van der Waals surface area contributed by atoms with Gasteiger partial charge in [0.1, 0.15) is 6.04 Å². The van der Waals surface area contributed by atoms with Crippen molar-refractivity contribution in [2.75, 3.05) is 10.7 Å². The number of benzene rings is 3. The van der Waals surface area contributed by atoms with E-state index in [9.17, 15) is 9.59 Å². The molecule has 0 saturated carbocycles. The summed E-state index contributed by atoms with van der Waals surface area (Å²) in [5.41, 5.74) is 5.75. The average Bonchev–Trinajstić information content (AvgIpc) is 3.02. The molecule has 1 aliphatic rings. The van der Waals surface area contributed by atoms with Crippen LogP contribution in [-0.4, -0.2) is 22.1 Å². The van der Waals surface area contributed by atoms with Gasteiger partial charge in [0.25, 0.3) is 0 Å². The monoisotopic (exact) mass is 469 g/mol. The number of para-hydroxylation sites is 1. The number of aryl methyl sites for hydroxylation is 3. The highest BCUT2D eigenvalue weighted by Gasteiger charge is 2.40. The van der Waals surface area contributed by atoms with E-state index in [2.05, 4.69) is 16.0 Å². The first-order valence-electron chi connectivity index (χ1n) is 11.4. The van der Waals surface area contributed by atoms with E-state index in [0.29, 0.717) is 6.54 Å². The second kappa shape index (κ2) is 9.03. The molecule has 0 aliphatic carbocycles. The van der Waals surface area contributed by atoms with Crippen LogP contribution >= 0.6 is 11.8 Å². The fourth-order valence-corrected chi connectivity index (χ4v) is 5.76. The molecule has 5 rings (SSSR count). The number of carbonyl (C=O) groups excluding carboxylic acids is 2. The quantitative estimate of drug-likeness (QED) is 0.442. The zero-order valence-electron chi connectivity index (χ0n) is 19.5. The third-order valence-corrected chi connectivity index (χ3v) is 7.56. The van der Waals surface area contributed by atoms with Crippen molar-refractivity contribution in [3.8, 4) is 0 Å². The minimum absolute atomic E-state index is 0.0705. The van der Waals surface area contributed by atoms with Gasteiger partial charge in [-0.3, -0.25) is 14.5 Å². The van der Waals surface area contributed by atoms with Gasteiger partial charge in [-0.1, -0.05) is 72.4 Å². The molecule has 4 aromatic rings. The van der Waals surface area contributed by atoms with Crippen LogP contribution in [0.15, 0.2) is 77.8 Å². The SMILES string of the molecule is Cc1ccc(C)c(N2C(=O)CSc3c(c4ccccc4n3C)[C@H]2C(=O)NCc2ccccc2)c1. The summed E-state index contributed by atoms with van der Waals surface area (Å²) in [5, 5.41) is 5.07. The Hall–Kier alpha value is -3.51. The van der Waals surface area contributed by atoms with Gasteiger partial charge in [-0.15, -0.1) is 0 Å². The van der Waals surface area contributed by atoms with Crippen molar-refractivity contribution >= 4 is 40.2 Å². The predicted molar refractivity (Wildman–Crippen MR) is 138 cm³/mol. The van der Waals surface area contributed by atoms with Crippen LogP contribution < -0.4 is 10.2 Å². The summed E-state index contributed by atoms with van der Waals surface area (Å²) in [5.74, 6) is 0.0181. The Kier molecular flexibility index (Phi) is 5.92. The highest BCUT2D eigenvalue weighted by molar-refractivity contribution is 8.00. The fraction of sp³-hybridized carbons (Fsp3) is 0.214. The smallest absolute Gasteiger partial charge is 0.248 e. The second-order valence-corrected chi connectivity index (χ2v) is 9.71. The molecule has 5 nitrogen and oxygen atoms in total. The molecular formula is C28H27N3O2S. The first kappa shape index (κ1) is 22.3.